The summed E-state index contributed by atoms with van der Waals surface area (Å²) in [6, 6.07) is 13.9. The fourth-order valence-corrected chi connectivity index (χ4v) is 4.93. The molecule has 4 nitrogen and oxygen atoms in total. The Morgan fingerprint density at radius 2 is 1.54 bits per heavy atom. The van der Waals surface area contributed by atoms with Crippen molar-refractivity contribution in [3.63, 3.8) is 0 Å². The van der Waals surface area contributed by atoms with Crippen molar-refractivity contribution in [1.29, 1.82) is 0 Å². The number of hydrazine groups is 1. The molecule has 3 aliphatic rings. The number of hydrogen-bond donors (Lipinski definition) is 0. The first-order valence-electron chi connectivity index (χ1n) is 9.16. The number of hydrogen-bond acceptors (Lipinski definition) is 3. The maximum atomic E-state index is 13.3. The minimum Gasteiger partial charge on any atom is -0.267 e. The third kappa shape index (κ3) is 2.16. The van der Waals surface area contributed by atoms with Crippen molar-refractivity contribution < 1.29 is 14.0 Å². The van der Waals surface area contributed by atoms with Crippen molar-refractivity contribution in [2.75, 3.05) is 0 Å². The van der Waals surface area contributed by atoms with E-state index in [-0.39, 0.29) is 35.6 Å². The lowest BCUT2D eigenvalue weighted by Crippen LogP contribution is -2.54. The van der Waals surface area contributed by atoms with Crippen molar-refractivity contribution in [3.8, 4) is 0 Å². The summed E-state index contributed by atoms with van der Waals surface area (Å²) in [6.45, 7) is 0. The maximum Gasteiger partial charge on any atom is 0.276 e. The molecule has 3 atom stereocenters. The average Bonchev–Trinajstić information content (AvgIpc) is 3.02. The number of imide groups is 1. The first-order valence-corrected chi connectivity index (χ1v) is 9.16. The molecule has 132 valence electrons. The summed E-state index contributed by atoms with van der Waals surface area (Å²) in [5.74, 6) is -0.469. The van der Waals surface area contributed by atoms with Crippen LogP contribution in [0.3, 0.4) is 0 Å². The van der Waals surface area contributed by atoms with E-state index < -0.39 is 0 Å². The Bertz CT molecular complexity index is 860. The number of rotatable bonds is 2. The molecule has 3 aliphatic heterocycles. The highest BCUT2D eigenvalue weighted by Crippen LogP contribution is 2.47. The van der Waals surface area contributed by atoms with Gasteiger partial charge >= 0.3 is 0 Å². The largest absolute Gasteiger partial charge is 0.276 e. The highest BCUT2D eigenvalue weighted by molar-refractivity contribution is 6.21. The van der Waals surface area contributed by atoms with Crippen LogP contribution in [0.5, 0.6) is 0 Å². The molecule has 0 unspecified atom stereocenters. The summed E-state index contributed by atoms with van der Waals surface area (Å²) in [5.41, 5.74) is 2.06. The van der Waals surface area contributed by atoms with Crippen LogP contribution in [-0.4, -0.2) is 33.9 Å². The predicted octanol–water partition coefficient (Wildman–Crippen LogP) is 3.75. The highest BCUT2D eigenvalue weighted by atomic mass is 19.1. The van der Waals surface area contributed by atoms with Crippen LogP contribution in [-0.2, 0) is 0 Å². The normalized spacial score (nSPS) is 27.9. The Hall–Kier alpha value is -2.53. The molecule has 2 fully saturated rings. The van der Waals surface area contributed by atoms with Gasteiger partial charge < -0.3 is 0 Å². The third-order valence-corrected chi connectivity index (χ3v) is 6.04. The van der Waals surface area contributed by atoms with Gasteiger partial charge in [0.25, 0.3) is 11.8 Å². The average molecular weight is 350 g/mol. The smallest absolute Gasteiger partial charge is 0.267 e. The topological polar surface area (TPSA) is 40.6 Å². The van der Waals surface area contributed by atoms with E-state index in [1.165, 1.54) is 17.1 Å². The van der Waals surface area contributed by atoms with Gasteiger partial charge in [-0.15, -0.1) is 0 Å². The van der Waals surface area contributed by atoms with E-state index in [4.69, 9.17) is 0 Å². The Kier molecular flexibility index (Phi) is 3.47. The molecule has 26 heavy (non-hydrogen) atoms. The van der Waals surface area contributed by atoms with E-state index in [9.17, 15) is 14.0 Å². The van der Waals surface area contributed by atoms with Crippen LogP contribution in [0.25, 0.3) is 0 Å². The van der Waals surface area contributed by atoms with Crippen LogP contribution >= 0.6 is 0 Å². The third-order valence-electron chi connectivity index (χ3n) is 6.04. The van der Waals surface area contributed by atoms with Crippen LogP contribution in [0, 0.1) is 5.82 Å². The summed E-state index contributed by atoms with van der Waals surface area (Å²) in [4.78, 5) is 25.9. The lowest BCUT2D eigenvalue weighted by molar-refractivity contribution is -0.0415. The summed E-state index contributed by atoms with van der Waals surface area (Å²) in [7, 11) is 0. The SMILES string of the molecule is O=C1c2ccccc2C(=O)N1N1[C@H]2CCC[C@@H]1[C@@H](c1ccc(F)cc1)C2. The number of halogens is 1. The molecule has 5 rings (SSSR count). The molecule has 2 aromatic rings. The monoisotopic (exact) mass is 350 g/mol. The van der Waals surface area contributed by atoms with Crippen LogP contribution in [0.2, 0.25) is 0 Å². The molecule has 3 heterocycles. The van der Waals surface area contributed by atoms with E-state index in [0.29, 0.717) is 11.1 Å². The molecule has 0 radical (unpaired) electrons. The van der Waals surface area contributed by atoms with Gasteiger partial charge in [0.15, 0.2) is 0 Å². The number of amides is 2. The quantitative estimate of drug-likeness (QED) is 0.775. The van der Waals surface area contributed by atoms with Crippen LogP contribution < -0.4 is 0 Å². The van der Waals surface area contributed by atoms with E-state index in [2.05, 4.69) is 0 Å². The molecule has 2 aromatic carbocycles. The zero-order valence-corrected chi connectivity index (χ0v) is 14.3. The van der Waals surface area contributed by atoms with Crippen LogP contribution in [0.1, 0.15) is 57.9 Å². The molecule has 2 saturated heterocycles. The van der Waals surface area contributed by atoms with Crippen molar-refractivity contribution in [1.82, 2.24) is 10.0 Å². The van der Waals surface area contributed by atoms with Crippen LogP contribution in [0.4, 0.5) is 4.39 Å². The first kappa shape index (κ1) is 15.7. The molecular weight excluding hydrogens is 331 g/mol. The van der Waals surface area contributed by atoms with Gasteiger partial charge in [-0.25, -0.2) is 14.4 Å². The van der Waals surface area contributed by atoms with Gasteiger partial charge in [-0.1, -0.05) is 30.7 Å². The molecule has 2 amide bonds. The molecule has 0 spiro atoms. The van der Waals surface area contributed by atoms with Crippen molar-refractivity contribution in [3.05, 3.63) is 71.0 Å². The maximum absolute atomic E-state index is 13.3. The number of benzene rings is 2. The number of carbonyl (C=O) groups excluding carboxylic acids is 2. The van der Waals surface area contributed by atoms with Gasteiger partial charge in [0, 0.05) is 18.0 Å². The fraction of sp³-hybridized carbons (Fsp3) is 0.333. The Morgan fingerprint density at radius 1 is 0.885 bits per heavy atom. The van der Waals surface area contributed by atoms with E-state index in [1.54, 1.807) is 24.3 Å². The van der Waals surface area contributed by atoms with Crippen molar-refractivity contribution >= 4 is 11.8 Å². The zero-order chi connectivity index (χ0) is 17.8. The molecular formula is C21H19FN2O2. The molecule has 0 aromatic heterocycles. The number of piperidine rings is 1. The molecule has 0 N–H and O–H groups in total. The summed E-state index contributed by atoms with van der Waals surface area (Å²) in [5, 5.41) is 3.41. The number of nitrogens with zero attached hydrogens (tertiary/aromatic N) is 2. The zero-order valence-electron chi connectivity index (χ0n) is 14.3. The summed E-state index contributed by atoms with van der Waals surface area (Å²) in [6.07, 6.45) is 3.89. The van der Waals surface area contributed by atoms with Gasteiger partial charge in [-0.2, -0.15) is 0 Å². The van der Waals surface area contributed by atoms with Crippen molar-refractivity contribution in [2.45, 2.75) is 43.7 Å². The van der Waals surface area contributed by atoms with Gasteiger partial charge in [-0.3, -0.25) is 9.59 Å². The minimum atomic E-state index is -0.244. The molecule has 0 aliphatic carbocycles. The Balaban J connectivity index is 1.51. The lowest BCUT2D eigenvalue weighted by Gasteiger charge is -2.40. The van der Waals surface area contributed by atoms with Crippen molar-refractivity contribution in [2.24, 2.45) is 0 Å². The Morgan fingerprint density at radius 3 is 2.19 bits per heavy atom. The second kappa shape index (κ2) is 5.74. The van der Waals surface area contributed by atoms with E-state index in [1.807, 2.05) is 17.1 Å². The fourth-order valence-electron chi connectivity index (χ4n) is 4.93. The second-order valence-corrected chi connectivity index (χ2v) is 7.39. The van der Waals surface area contributed by atoms with Gasteiger partial charge in [0.1, 0.15) is 5.82 Å². The molecule has 0 saturated carbocycles. The molecule has 2 bridgehead atoms. The summed E-state index contributed by atoms with van der Waals surface area (Å²) < 4.78 is 13.3. The predicted molar refractivity (Wildman–Crippen MR) is 94.0 cm³/mol. The first-order chi connectivity index (χ1) is 12.6. The molecule has 5 heteroatoms. The van der Waals surface area contributed by atoms with Gasteiger partial charge in [0.2, 0.25) is 0 Å². The highest BCUT2D eigenvalue weighted by Gasteiger charge is 2.52. The van der Waals surface area contributed by atoms with Crippen LogP contribution in [0.15, 0.2) is 48.5 Å². The lowest BCUT2D eigenvalue weighted by atomic mass is 9.90. The van der Waals surface area contributed by atoms with Gasteiger partial charge in [0.05, 0.1) is 11.1 Å². The van der Waals surface area contributed by atoms with Gasteiger partial charge in [-0.05, 0) is 49.1 Å². The summed E-state index contributed by atoms with van der Waals surface area (Å²) >= 11 is 0. The number of carbonyl (C=O) groups is 2. The second-order valence-electron chi connectivity index (χ2n) is 7.39. The van der Waals surface area contributed by atoms with E-state index >= 15 is 0 Å². The number of fused-ring (bicyclic) bond motifs is 3. The van der Waals surface area contributed by atoms with E-state index in [0.717, 1.165) is 31.2 Å². The minimum absolute atomic E-state index is 0.0985. The Labute approximate surface area is 151 Å². The standard InChI is InChI=1S/C21H19FN2O2/c22-14-10-8-13(9-11-14)18-12-15-4-3-7-19(18)23(15)24-20(25)16-5-1-2-6-17(16)21(24)26/h1-2,5-6,8-11,15,18-19H,3-4,7,12H2/t15-,18+,19+/m0/s1.